The van der Waals surface area contributed by atoms with Crippen molar-refractivity contribution >= 4 is 21.8 Å². The third kappa shape index (κ3) is 6.00. The highest BCUT2D eigenvalue weighted by molar-refractivity contribution is 7.89. The molecule has 0 aliphatic carbocycles. The standard InChI is InChI=1S/C19H28FN3O4S/c1-3-22(14-18(24)21-13-15-5-7-17(20)8-6-15)19(25)16-9-11-23(12-10-16)28(26,27)4-2/h5-8,16H,3-4,9-14H2,1-2H3,(H,21,24). The van der Waals surface area contributed by atoms with Gasteiger partial charge in [0.25, 0.3) is 0 Å². The van der Waals surface area contributed by atoms with E-state index in [1.807, 2.05) is 6.92 Å². The summed E-state index contributed by atoms with van der Waals surface area (Å²) in [5.41, 5.74) is 0.772. The lowest BCUT2D eigenvalue weighted by Crippen LogP contribution is -2.47. The van der Waals surface area contributed by atoms with Crippen molar-refractivity contribution in [2.45, 2.75) is 33.2 Å². The molecule has 1 fully saturated rings. The number of carbonyl (C=O) groups excluding carboxylic acids is 2. The SMILES string of the molecule is CCN(CC(=O)NCc1ccc(F)cc1)C(=O)C1CCN(S(=O)(=O)CC)CC1. The predicted octanol–water partition coefficient (Wildman–Crippen LogP) is 1.35. The fourth-order valence-corrected chi connectivity index (χ4v) is 4.33. The Hall–Kier alpha value is -2.00. The van der Waals surface area contributed by atoms with E-state index in [-0.39, 0.29) is 42.4 Å². The van der Waals surface area contributed by atoms with Crippen LogP contribution in [0.15, 0.2) is 24.3 Å². The number of sulfonamides is 1. The van der Waals surface area contributed by atoms with Crippen LogP contribution in [0, 0.1) is 11.7 Å². The summed E-state index contributed by atoms with van der Waals surface area (Å²) in [6, 6.07) is 5.84. The van der Waals surface area contributed by atoms with Gasteiger partial charge in [0.2, 0.25) is 21.8 Å². The summed E-state index contributed by atoms with van der Waals surface area (Å²) >= 11 is 0. The van der Waals surface area contributed by atoms with Crippen molar-refractivity contribution in [1.82, 2.24) is 14.5 Å². The summed E-state index contributed by atoms with van der Waals surface area (Å²) < 4.78 is 38.2. The van der Waals surface area contributed by atoms with Crippen LogP contribution in [0.1, 0.15) is 32.3 Å². The number of amides is 2. The zero-order valence-corrected chi connectivity index (χ0v) is 17.2. The molecule has 0 radical (unpaired) electrons. The lowest BCUT2D eigenvalue weighted by Gasteiger charge is -2.33. The number of piperidine rings is 1. The van der Waals surface area contributed by atoms with E-state index in [1.54, 1.807) is 19.1 Å². The highest BCUT2D eigenvalue weighted by atomic mass is 32.2. The molecule has 1 aromatic rings. The van der Waals surface area contributed by atoms with Crippen molar-refractivity contribution < 1.29 is 22.4 Å². The summed E-state index contributed by atoms with van der Waals surface area (Å²) in [6.07, 6.45) is 0.928. The van der Waals surface area contributed by atoms with Crippen molar-refractivity contribution in [2.75, 3.05) is 31.9 Å². The molecule has 28 heavy (non-hydrogen) atoms. The highest BCUT2D eigenvalue weighted by Crippen LogP contribution is 2.22. The van der Waals surface area contributed by atoms with Gasteiger partial charge in [-0.15, -0.1) is 0 Å². The van der Waals surface area contributed by atoms with Crippen LogP contribution in [0.25, 0.3) is 0 Å². The highest BCUT2D eigenvalue weighted by Gasteiger charge is 2.32. The summed E-state index contributed by atoms with van der Waals surface area (Å²) in [5, 5.41) is 2.73. The number of nitrogens with zero attached hydrogens (tertiary/aromatic N) is 2. The molecule has 0 aromatic heterocycles. The largest absolute Gasteiger partial charge is 0.350 e. The van der Waals surface area contributed by atoms with Crippen LogP contribution in [-0.4, -0.2) is 61.4 Å². The lowest BCUT2D eigenvalue weighted by atomic mass is 9.96. The van der Waals surface area contributed by atoms with E-state index >= 15 is 0 Å². The first-order chi connectivity index (χ1) is 13.3. The van der Waals surface area contributed by atoms with Crippen molar-refractivity contribution in [3.8, 4) is 0 Å². The van der Waals surface area contributed by atoms with E-state index in [1.165, 1.54) is 21.3 Å². The van der Waals surface area contributed by atoms with E-state index in [9.17, 15) is 22.4 Å². The Morgan fingerprint density at radius 3 is 2.32 bits per heavy atom. The maximum Gasteiger partial charge on any atom is 0.239 e. The second-order valence-electron chi connectivity index (χ2n) is 6.83. The monoisotopic (exact) mass is 413 g/mol. The normalized spacial score (nSPS) is 16.0. The average Bonchev–Trinajstić information content (AvgIpc) is 2.71. The smallest absolute Gasteiger partial charge is 0.239 e. The van der Waals surface area contributed by atoms with E-state index in [4.69, 9.17) is 0 Å². The van der Waals surface area contributed by atoms with Gasteiger partial charge in [-0.1, -0.05) is 12.1 Å². The van der Waals surface area contributed by atoms with Gasteiger partial charge in [0.05, 0.1) is 12.3 Å². The maximum atomic E-state index is 12.9. The Bertz CT molecular complexity index is 775. The molecule has 0 bridgehead atoms. The van der Waals surface area contributed by atoms with Crippen LogP contribution in [0.3, 0.4) is 0 Å². The first kappa shape index (κ1) is 22.3. The van der Waals surface area contributed by atoms with Crippen LogP contribution in [-0.2, 0) is 26.2 Å². The van der Waals surface area contributed by atoms with Gasteiger partial charge < -0.3 is 10.2 Å². The number of rotatable bonds is 8. The second kappa shape index (κ2) is 9.97. The topological polar surface area (TPSA) is 86.8 Å². The van der Waals surface area contributed by atoms with Gasteiger partial charge in [0.1, 0.15) is 5.82 Å². The summed E-state index contributed by atoms with van der Waals surface area (Å²) in [4.78, 5) is 26.4. The van der Waals surface area contributed by atoms with Gasteiger partial charge in [0.15, 0.2) is 0 Å². The molecule has 1 aliphatic heterocycles. The molecule has 1 saturated heterocycles. The molecule has 1 heterocycles. The van der Waals surface area contributed by atoms with Crippen LogP contribution in [0.4, 0.5) is 4.39 Å². The van der Waals surface area contributed by atoms with Crippen molar-refractivity contribution in [1.29, 1.82) is 0 Å². The van der Waals surface area contributed by atoms with Crippen molar-refractivity contribution in [2.24, 2.45) is 5.92 Å². The minimum Gasteiger partial charge on any atom is -0.350 e. The van der Waals surface area contributed by atoms with Crippen LogP contribution in [0.2, 0.25) is 0 Å². The fraction of sp³-hybridized carbons (Fsp3) is 0.579. The Labute approximate surface area is 165 Å². The summed E-state index contributed by atoms with van der Waals surface area (Å²) in [6.45, 7) is 4.69. The predicted molar refractivity (Wildman–Crippen MR) is 104 cm³/mol. The van der Waals surface area contributed by atoms with Crippen LogP contribution >= 0.6 is 0 Å². The zero-order chi connectivity index (χ0) is 20.7. The van der Waals surface area contributed by atoms with Gasteiger partial charge in [0, 0.05) is 32.1 Å². The number of carbonyl (C=O) groups is 2. The van der Waals surface area contributed by atoms with Crippen LogP contribution < -0.4 is 5.32 Å². The first-order valence-electron chi connectivity index (χ1n) is 9.54. The quantitative estimate of drug-likeness (QED) is 0.697. The first-order valence-corrected chi connectivity index (χ1v) is 11.2. The molecule has 0 atom stereocenters. The second-order valence-corrected chi connectivity index (χ2v) is 9.09. The number of hydrogen-bond acceptors (Lipinski definition) is 4. The molecular weight excluding hydrogens is 385 g/mol. The third-order valence-corrected chi connectivity index (χ3v) is 6.87. The molecule has 1 aliphatic rings. The molecule has 2 rings (SSSR count). The average molecular weight is 414 g/mol. The molecule has 7 nitrogen and oxygen atoms in total. The van der Waals surface area contributed by atoms with Gasteiger partial charge in [-0.05, 0) is 44.4 Å². The van der Waals surface area contributed by atoms with E-state index < -0.39 is 10.0 Å². The fourth-order valence-electron chi connectivity index (χ4n) is 3.20. The molecule has 2 amide bonds. The Morgan fingerprint density at radius 2 is 1.79 bits per heavy atom. The van der Waals surface area contributed by atoms with Crippen molar-refractivity contribution in [3.05, 3.63) is 35.6 Å². The van der Waals surface area contributed by atoms with Gasteiger partial charge in [-0.3, -0.25) is 9.59 Å². The van der Waals surface area contributed by atoms with Crippen LogP contribution in [0.5, 0.6) is 0 Å². The number of benzene rings is 1. The minimum absolute atomic E-state index is 0.0516. The van der Waals surface area contributed by atoms with E-state index in [0.29, 0.717) is 32.5 Å². The molecular formula is C19H28FN3O4S. The molecule has 156 valence electrons. The number of hydrogen-bond donors (Lipinski definition) is 1. The molecule has 0 saturated carbocycles. The third-order valence-electron chi connectivity index (χ3n) is 4.99. The maximum absolute atomic E-state index is 12.9. The van der Waals surface area contributed by atoms with Crippen molar-refractivity contribution in [3.63, 3.8) is 0 Å². The Kier molecular flexibility index (Phi) is 7.94. The molecule has 1 aromatic carbocycles. The lowest BCUT2D eigenvalue weighted by molar-refractivity contribution is -0.140. The number of halogens is 1. The molecule has 0 unspecified atom stereocenters. The number of nitrogens with one attached hydrogen (secondary N) is 1. The Balaban J connectivity index is 1.84. The summed E-state index contributed by atoms with van der Waals surface area (Å²) in [5.74, 6) is -0.955. The minimum atomic E-state index is -3.23. The Morgan fingerprint density at radius 1 is 1.18 bits per heavy atom. The van der Waals surface area contributed by atoms with E-state index in [0.717, 1.165) is 5.56 Å². The van der Waals surface area contributed by atoms with E-state index in [2.05, 4.69) is 5.32 Å². The van der Waals surface area contributed by atoms with Gasteiger partial charge in [-0.2, -0.15) is 0 Å². The van der Waals surface area contributed by atoms with Gasteiger partial charge in [-0.25, -0.2) is 17.1 Å². The molecule has 0 spiro atoms. The zero-order valence-electron chi connectivity index (χ0n) is 16.4. The molecule has 9 heteroatoms. The number of likely N-dealkylation sites (N-methyl/N-ethyl adjacent to an activating group) is 1. The molecule has 1 N–H and O–H groups in total. The summed E-state index contributed by atoms with van der Waals surface area (Å²) in [7, 11) is -3.23. The van der Waals surface area contributed by atoms with Gasteiger partial charge >= 0.3 is 0 Å².